The summed E-state index contributed by atoms with van der Waals surface area (Å²) in [7, 11) is 1.75. The van der Waals surface area contributed by atoms with Gasteiger partial charge in [-0.1, -0.05) is 54.5 Å². The molecule has 2 aliphatic carbocycles. The van der Waals surface area contributed by atoms with E-state index < -0.39 is 17.9 Å². The highest BCUT2D eigenvalue weighted by atomic mass is 35.5. The smallest absolute Gasteiger partial charge is 0.323 e. The predicted molar refractivity (Wildman–Crippen MR) is 132 cm³/mol. The zero-order valence-corrected chi connectivity index (χ0v) is 21.1. The van der Waals surface area contributed by atoms with Crippen molar-refractivity contribution in [1.82, 2.24) is 5.32 Å². The highest BCUT2D eigenvalue weighted by molar-refractivity contribution is 6.33. The van der Waals surface area contributed by atoms with Gasteiger partial charge in [-0.05, 0) is 50.5 Å². The first-order chi connectivity index (χ1) is 16.1. The highest BCUT2D eigenvalue weighted by Gasteiger charge is 2.56. The third kappa shape index (κ3) is 3.79. The number of ether oxygens (including phenoxy) is 1. The van der Waals surface area contributed by atoms with Crippen LogP contribution in [-0.2, 0) is 20.0 Å². The molecule has 2 unspecified atom stereocenters. The molecule has 8 atom stereocenters. The molecular formula is C27H35ClN2O4. The number of allylic oxidation sites excluding steroid dienone is 2. The monoisotopic (exact) mass is 486 g/mol. The van der Waals surface area contributed by atoms with E-state index in [1.54, 1.807) is 24.2 Å². The van der Waals surface area contributed by atoms with Gasteiger partial charge in [-0.25, -0.2) is 0 Å². The van der Waals surface area contributed by atoms with Crippen molar-refractivity contribution in [2.75, 3.05) is 12.1 Å². The Bertz CT molecular complexity index is 1040. The molecule has 1 aromatic carbocycles. The zero-order chi connectivity index (χ0) is 24.4. The van der Waals surface area contributed by atoms with Crippen LogP contribution in [0.25, 0.3) is 0 Å². The minimum Gasteiger partial charge on any atom is -0.461 e. The van der Waals surface area contributed by atoms with Crippen molar-refractivity contribution in [3.63, 3.8) is 0 Å². The first kappa shape index (κ1) is 23.9. The van der Waals surface area contributed by atoms with Crippen molar-refractivity contribution in [3.05, 3.63) is 52.6 Å². The van der Waals surface area contributed by atoms with E-state index in [9.17, 15) is 9.90 Å². The van der Waals surface area contributed by atoms with Crippen LogP contribution in [-0.4, -0.2) is 36.5 Å². The van der Waals surface area contributed by atoms with Crippen LogP contribution in [0.1, 0.15) is 52.0 Å². The first-order valence-electron chi connectivity index (χ1n) is 12.3. The van der Waals surface area contributed by atoms with E-state index >= 15 is 0 Å². The zero-order valence-electron chi connectivity index (χ0n) is 20.4. The summed E-state index contributed by atoms with van der Waals surface area (Å²) in [5.74, 6) is 1.19. The fraction of sp³-hybridized carbons (Fsp3) is 0.593. The molecule has 2 N–H and O–H groups in total. The molecule has 2 fully saturated rings. The number of hydroxylamine groups is 1. The second-order valence-corrected chi connectivity index (χ2v) is 11.2. The lowest BCUT2D eigenvalue weighted by atomic mass is 9.60. The Morgan fingerprint density at radius 2 is 2.15 bits per heavy atom. The van der Waals surface area contributed by atoms with Gasteiger partial charge in [0.15, 0.2) is 6.23 Å². The van der Waals surface area contributed by atoms with Gasteiger partial charge < -0.3 is 9.84 Å². The van der Waals surface area contributed by atoms with Crippen LogP contribution in [0, 0.1) is 23.7 Å². The third-order valence-corrected chi connectivity index (χ3v) is 8.75. The minimum atomic E-state index is -1.37. The van der Waals surface area contributed by atoms with E-state index in [4.69, 9.17) is 21.2 Å². The normalized spacial score (nSPS) is 38.9. The van der Waals surface area contributed by atoms with E-state index in [0.29, 0.717) is 34.0 Å². The molecule has 0 amide bonds. The molecule has 4 aliphatic rings. The van der Waals surface area contributed by atoms with Gasteiger partial charge in [0.2, 0.25) is 0 Å². The number of nitrogens with zero attached hydrogens (tertiary/aromatic N) is 1. The van der Waals surface area contributed by atoms with Crippen LogP contribution >= 0.6 is 11.6 Å². The molecule has 2 heterocycles. The van der Waals surface area contributed by atoms with Gasteiger partial charge in [0, 0.05) is 31.4 Å². The second kappa shape index (κ2) is 8.66. The van der Waals surface area contributed by atoms with Crippen molar-refractivity contribution in [1.29, 1.82) is 0 Å². The number of aliphatic hydroxyl groups is 1. The van der Waals surface area contributed by atoms with E-state index in [-0.39, 0.29) is 24.4 Å². The number of anilines is 1. The summed E-state index contributed by atoms with van der Waals surface area (Å²) >= 11 is 6.39. The standard InChI is InChI=1S/C27H35ClN2O4/c1-14(2)17-10-9-16(4)23-18(17)11-15(3)12-22(23)33-25(31)21-13-27(32)19-7-6-8-20(28)24(19)30(5)34-26(27)29-21/h6-8,11,16-18,21-23,26,29,32H,1,9-10,12-13H2,2-5H3/t16-,17?,18-,21?,22+,23+,26-,27-/m1/s1. The van der Waals surface area contributed by atoms with Gasteiger partial charge in [0.05, 0.1) is 10.7 Å². The van der Waals surface area contributed by atoms with Crippen LogP contribution in [0.3, 0.4) is 0 Å². The number of rotatable bonds is 3. The van der Waals surface area contributed by atoms with E-state index in [0.717, 1.165) is 19.3 Å². The van der Waals surface area contributed by atoms with Crippen LogP contribution in [0.5, 0.6) is 0 Å². The topological polar surface area (TPSA) is 71.0 Å². The summed E-state index contributed by atoms with van der Waals surface area (Å²) in [5, 5.41) is 16.8. The van der Waals surface area contributed by atoms with Crippen molar-refractivity contribution in [2.45, 2.75) is 70.4 Å². The summed E-state index contributed by atoms with van der Waals surface area (Å²) in [5.41, 5.74) is 2.38. The SMILES string of the molecule is C=C(C)C1CC[C@@H](C)[C@@H]2[C@@H](OC(=O)C3C[C@@]4(O)c5cccc(Cl)c5N(C)O[C@H]4N3)CC(C)=C[C@H]12. The van der Waals surface area contributed by atoms with Gasteiger partial charge in [-0.2, -0.15) is 0 Å². The Balaban J connectivity index is 1.36. The summed E-state index contributed by atoms with van der Waals surface area (Å²) in [6, 6.07) is 4.73. The number of carbonyl (C=O) groups excluding carboxylic acids is 1. The number of hydrogen-bond acceptors (Lipinski definition) is 6. The van der Waals surface area contributed by atoms with Gasteiger partial charge in [0.1, 0.15) is 17.7 Å². The van der Waals surface area contributed by atoms with Crippen molar-refractivity contribution in [3.8, 4) is 0 Å². The number of carbonyl (C=O) groups is 1. The number of esters is 1. The molecule has 0 radical (unpaired) electrons. The molecule has 7 heteroatoms. The lowest BCUT2D eigenvalue weighted by molar-refractivity contribution is -0.158. The summed E-state index contributed by atoms with van der Waals surface area (Å²) < 4.78 is 6.22. The van der Waals surface area contributed by atoms with Gasteiger partial charge >= 0.3 is 5.97 Å². The third-order valence-electron chi connectivity index (χ3n) is 8.45. The summed E-state index contributed by atoms with van der Waals surface area (Å²) in [4.78, 5) is 19.3. The Kier molecular flexibility index (Phi) is 6.08. The summed E-state index contributed by atoms with van der Waals surface area (Å²) in [6.07, 6.45) is 4.61. The minimum absolute atomic E-state index is 0.164. The maximum Gasteiger partial charge on any atom is 0.323 e. The molecule has 2 aliphatic heterocycles. The van der Waals surface area contributed by atoms with Crippen molar-refractivity contribution in [2.24, 2.45) is 23.7 Å². The fourth-order valence-electron chi connectivity index (χ4n) is 6.81. The number of hydrogen-bond donors (Lipinski definition) is 2. The highest BCUT2D eigenvalue weighted by Crippen LogP contribution is 2.50. The molecule has 1 aromatic rings. The molecule has 184 valence electrons. The van der Waals surface area contributed by atoms with Crippen LogP contribution < -0.4 is 10.4 Å². The quantitative estimate of drug-likeness (QED) is 0.476. The van der Waals surface area contributed by atoms with Gasteiger partial charge in [-0.15, -0.1) is 0 Å². The number of nitrogens with one attached hydrogen (secondary N) is 1. The molecular weight excluding hydrogens is 452 g/mol. The van der Waals surface area contributed by atoms with E-state index in [1.165, 1.54) is 11.1 Å². The lowest BCUT2D eigenvalue weighted by Crippen LogP contribution is -2.51. The molecule has 0 bridgehead atoms. The van der Waals surface area contributed by atoms with E-state index in [1.807, 2.05) is 6.07 Å². The molecule has 6 nitrogen and oxygen atoms in total. The average molecular weight is 487 g/mol. The molecule has 1 saturated heterocycles. The molecule has 34 heavy (non-hydrogen) atoms. The van der Waals surface area contributed by atoms with Crippen molar-refractivity contribution >= 4 is 23.3 Å². The first-order valence-corrected chi connectivity index (χ1v) is 12.7. The molecule has 5 rings (SSSR count). The van der Waals surface area contributed by atoms with Crippen LogP contribution in [0.2, 0.25) is 5.02 Å². The number of benzene rings is 1. The molecule has 0 spiro atoms. The molecule has 1 saturated carbocycles. The maximum absolute atomic E-state index is 13.4. The number of halogens is 1. The van der Waals surface area contributed by atoms with Gasteiger partial charge in [0.25, 0.3) is 0 Å². The number of para-hydroxylation sites is 1. The average Bonchev–Trinajstić information content (AvgIpc) is 3.11. The largest absolute Gasteiger partial charge is 0.461 e. The Hall–Kier alpha value is -1.86. The summed E-state index contributed by atoms with van der Waals surface area (Å²) in [6.45, 7) is 10.8. The Labute approximate surface area is 206 Å². The predicted octanol–water partition coefficient (Wildman–Crippen LogP) is 4.71. The van der Waals surface area contributed by atoms with Crippen molar-refractivity contribution < 1.29 is 19.5 Å². The molecule has 0 aromatic heterocycles. The maximum atomic E-state index is 13.4. The number of fused-ring (bicyclic) bond motifs is 4. The fourth-order valence-corrected chi connectivity index (χ4v) is 7.10. The van der Waals surface area contributed by atoms with E-state index in [2.05, 4.69) is 38.7 Å². The van der Waals surface area contributed by atoms with Gasteiger partial charge in [-0.3, -0.25) is 20.0 Å². The second-order valence-electron chi connectivity index (χ2n) is 10.8. The lowest BCUT2D eigenvalue weighted by Gasteiger charge is -2.47. The van der Waals surface area contributed by atoms with Crippen LogP contribution in [0.4, 0.5) is 5.69 Å². The van der Waals surface area contributed by atoms with Crippen LogP contribution in [0.15, 0.2) is 42.0 Å². The Morgan fingerprint density at radius 1 is 1.38 bits per heavy atom. The Morgan fingerprint density at radius 3 is 2.88 bits per heavy atom.